The minimum Gasteiger partial charge on any atom is -0.352 e. The van der Waals surface area contributed by atoms with Gasteiger partial charge in [0, 0.05) is 18.3 Å². The molecule has 0 saturated carbocycles. The molecule has 0 aromatic carbocycles. The van der Waals surface area contributed by atoms with Crippen LogP contribution in [0.15, 0.2) is 0 Å². The first-order valence-corrected chi connectivity index (χ1v) is 7.13. The van der Waals surface area contributed by atoms with Gasteiger partial charge in [-0.3, -0.25) is 4.79 Å². The summed E-state index contributed by atoms with van der Waals surface area (Å²) in [4.78, 5) is 11.5. The van der Waals surface area contributed by atoms with Crippen LogP contribution in [-0.2, 0) is 4.79 Å². The molecule has 1 unspecified atom stereocenters. The predicted octanol–water partition coefficient (Wildman–Crippen LogP) is 3.87. The highest BCUT2D eigenvalue weighted by molar-refractivity contribution is 6.18. The minimum atomic E-state index is 0.147. The van der Waals surface area contributed by atoms with E-state index in [1.807, 2.05) is 6.92 Å². The quantitative estimate of drug-likeness (QED) is 0.461. The van der Waals surface area contributed by atoms with E-state index in [1.165, 1.54) is 32.1 Å². The monoisotopic (exact) mass is 247 g/mol. The number of carbonyl (C=O) groups excluding carboxylic acids is 1. The molecule has 0 aliphatic heterocycles. The Morgan fingerprint density at radius 2 is 1.75 bits per heavy atom. The number of nitrogens with one attached hydrogen (secondary N) is 1. The van der Waals surface area contributed by atoms with Crippen molar-refractivity contribution in [1.29, 1.82) is 0 Å². The average molecular weight is 248 g/mol. The third-order valence-corrected chi connectivity index (χ3v) is 3.17. The highest BCUT2D eigenvalue weighted by atomic mass is 35.5. The second-order valence-corrected chi connectivity index (χ2v) is 4.65. The van der Waals surface area contributed by atoms with Gasteiger partial charge in [-0.05, 0) is 12.8 Å². The third-order valence-electron chi connectivity index (χ3n) is 2.80. The van der Waals surface area contributed by atoms with Crippen LogP contribution in [0.2, 0.25) is 0 Å². The number of alkyl halides is 1. The summed E-state index contributed by atoms with van der Waals surface area (Å²) in [7, 11) is 0. The van der Waals surface area contributed by atoms with Crippen LogP contribution in [0.25, 0.3) is 0 Å². The summed E-state index contributed by atoms with van der Waals surface area (Å²) >= 11 is 5.72. The van der Waals surface area contributed by atoms with Gasteiger partial charge in [0.15, 0.2) is 0 Å². The number of hydrogen-bond acceptors (Lipinski definition) is 1. The molecule has 16 heavy (non-hydrogen) atoms. The van der Waals surface area contributed by atoms with Crippen LogP contribution < -0.4 is 5.32 Å². The summed E-state index contributed by atoms with van der Waals surface area (Å²) in [5.41, 5.74) is 0. The van der Waals surface area contributed by atoms with Gasteiger partial charge in [0.2, 0.25) is 5.91 Å². The van der Waals surface area contributed by atoms with Crippen molar-refractivity contribution in [3.05, 3.63) is 0 Å². The van der Waals surface area contributed by atoms with Gasteiger partial charge in [-0.25, -0.2) is 0 Å². The third kappa shape index (κ3) is 9.02. The lowest BCUT2D eigenvalue weighted by Crippen LogP contribution is -2.35. The molecule has 0 rings (SSSR count). The molecule has 0 aromatic rings. The Bertz CT molecular complexity index is 169. The fourth-order valence-corrected chi connectivity index (χ4v) is 1.91. The van der Waals surface area contributed by atoms with Crippen molar-refractivity contribution in [3.8, 4) is 0 Å². The van der Waals surface area contributed by atoms with Gasteiger partial charge in [-0.1, -0.05) is 46.0 Å². The molecule has 3 heteroatoms. The zero-order valence-corrected chi connectivity index (χ0v) is 11.5. The van der Waals surface area contributed by atoms with Crippen molar-refractivity contribution in [3.63, 3.8) is 0 Å². The number of amides is 1. The molecule has 0 radical (unpaired) electrons. The highest BCUT2D eigenvalue weighted by Gasteiger charge is 2.08. The molecule has 1 N–H and O–H groups in total. The molecule has 96 valence electrons. The van der Waals surface area contributed by atoms with E-state index in [1.54, 1.807) is 0 Å². The maximum atomic E-state index is 11.5. The van der Waals surface area contributed by atoms with Crippen molar-refractivity contribution in [2.24, 2.45) is 0 Å². The van der Waals surface area contributed by atoms with Crippen LogP contribution in [0.3, 0.4) is 0 Å². The van der Waals surface area contributed by atoms with E-state index in [2.05, 4.69) is 12.2 Å². The van der Waals surface area contributed by atoms with Crippen LogP contribution in [0.5, 0.6) is 0 Å². The molecule has 2 nitrogen and oxygen atoms in total. The molecule has 0 aromatic heterocycles. The first kappa shape index (κ1) is 15.8. The molecular formula is C13H26ClNO. The summed E-state index contributed by atoms with van der Waals surface area (Å²) in [6, 6.07) is 0.147. The van der Waals surface area contributed by atoms with E-state index in [-0.39, 0.29) is 11.9 Å². The fourth-order valence-electron chi connectivity index (χ4n) is 1.62. The van der Waals surface area contributed by atoms with Gasteiger partial charge in [0.1, 0.15) is 0 Å². The van der Waals surface area contributed by atoms with Gasteiger partial charge in [0.25, 0.3) is 0 Å². The molecule has 1 atom stereocenters. The fraction of sp³-hybridized carbons (Fsp3) is 0.923. The number of carbonyl (C=O) groups is 1. The lowest BCUT2D eigenvalue weighted by Gasteiger charge is -2.13. The first-order valence-electron chi connectivity index (χ1n) is 6.59. The maximum absolute atomic E-state index is 11.5. The molecule has 0 fully saturated rings. The molecule has 0 bridgehead atoms. The summed E-state index contributed by atoms with van der Waals surface area (Å²) in [5, 5.41) is 2.95. The van der Waals surface area contributed by atoms with Crippen LogP contribution in [0.1, 0.15) is 65.2 Å². The Balaban J connectivity index is 3.36. The largest absolute Gasteiger partial charge is 0.352 e. The van der Waals surface area contributed by atoms with Crippen LogP contribution in [0.4, 0.5) is 0 Å². The SMILES string of the molecule is CCCCCCCCC(=O)NC(CC)CCl. The van der Waals surface area contributed by atoms with Crippen LogP contribution in [0, 0.1) is 0 Å². The zero-order chi connectivity index (χ0) is 12.2. The van der Waals surface area contributed by atoms with E-state index in [9.17, 15) is 4.79 Å². The summed E-state index contributed by atoms with van der Waals surface area (Å²) in [6.45, 7) is 4.25. The van der Waals surface area contributed by atoms with Gasteiger partial charge >= 0.3 is 0 Å². The molecule has 0 aliphatic rings. The normalized spacial score (nSPS) is 12.4. The molecule has 0 heterocycles. The van der Waals surface area contributed by atoms with Gasteiger partial charge < -0.3 is 5.32 Å². The summed E-state index contributed by atoms with van der Waals surface area (Å²) < 4.78 is 0. The second-order valence-electron chi connectivity index (χ2n) is 4.34. The van der Waals surface area contributed by atoms with Crippen molar-refractivity contribution in [2.75, 3.05) is 5.88 Å². The lowest BCUT2D eigenvalue weighted by molar-refractivity contribution is -0.121. The maximum Gasteiger partial charge on any atom is 0.220 e. The minimum absolute atomic E-state index is 0.147. The van der Waals surface area contributed by atoms with Crippen molar-refractivity contribution >= 4 is 17.5 Å². The number of rotatable bonds is 10. The van der Waals surface area contributed by atoms with E-state index in [0.29, 0.717) is 12.3 Å². The van der Waals surface area contributed by atoms with Crippen LogP contribution >= 0.6 is 11.6 Å². The van der Waals surface area contributed by atoms with E-state index in [0.717, 1.165) is 12.8 Å². The van der Waals surface area contributed by atoms with Crippen LogP contribution in [-0.4, -0.2) is 17.8 Å². The first-order chi connectivity index (χ1) is 7.74. The summed E-state index contributed by atoms with van der Waals surface area (Å²) in [5.74, 6) is 0.668. The Hall–Kier alpha value is -0.240. The topological polar surface area (TPSA) is 29.1 Å². The molecule has 0 aliphatic carbocycles. The molecular weight excluding hydrogens is 222 g/mol. The molecule has 0 saturated heterocycles. The lowest BCUT2D eigenvalue weighted by atomic mass is 10.1. The van der Waals surface area contributed by atoms with E-state index in [4.69, 9.17) is 11.6 Å². The smallest absolute Gasteiger partial charge is 0.220 e. The molecule has 1 amide bonds. The average Bonchev–Trinajstić information content (AvgIpc) is 2.30. The predicted molar refractivity (Wildman–Crippen MR) is 70.9 cm³/mol. The highest BCUT2D eigenvalue weighted by Crippen LogP contribution is 2.07. The van der Waals surface area contributed by atoms with Gasteiger partial charge in [-0.15, -0.1) is 11.6 Å². The van der Waals surface area contributed by atoms with Crippen molar-refractivity contribution in [1.82, 2.24) is 5.32 Å². The Kier molecular flexibility index (Phi) is 11.1. The second kappa shape index (κ2) is 11.3. The number of hydrogen-bond donors (Lipinski definition) is 1. The van der Waals surface area contributed by atoms with E-state index >= 15 is 0 Å². The number of unbranched alkanes of at least 4 members (excludes halogenated alkanes) is 5. The summed E-state index contributed by atoms with van der Waals surface area (Å²) in [6.07, 6.45) is 8.89. The Morgan fingerprint density at radius 1 is 1.12 bits per heavy atom. The number of halogens is 1. The Morgan fingerprint density at radius 3 is 2.31 bits per heavy atom. The van der Waals surface area contributed by atoms with Gasteiger partial charge in [0.05, 0.1) is 0 Å². The zero-order valence-electron chi connectivity index (χ0n) is 10.7. The van der Waals surface area contributed by atoms with Crippen molar-refractivity contribution < 1.29 is 4.79 Å². The van der Waals surface area contributed by atoms with Gasteiger partial charge in [-0.2, -0.15) is 0 Å². The van der Waals surface area contributed by atoms with E-state index < -0.39 is 0 Å². The Labute approximate surface area is 105 Å². The molecule has 0 spiro atoms. The van der Waals surface area contributed by atoms with Crippen molar-refractivity contribution in [2.45, 2.75) is 71.3 Å². The standard InChI is InChI=1S/C13H26ClNO/c1-3-5-6-7-8-9-10-13(16)15-12(4-2)11-14/h12H,3-11H2,1-2H3,(H,15,16).